The molecule has 0 aromatic carbocycles. The molecule has 1 atom stereocenters. The van der Waals surface area contributed by atoms with Crippen LogP contribution in [-0.2, 0) is 14.4 Å². The first kappa shape index (κ1) is 26.0. The maximum Gasteiger partial charge on any atom is 0.249 e. The number of rotatable bonds is 3. The third kappa shape index (κ3) is 12.3. The topological polar surface area (TPSA) is 75.3 Å². The van der Waals surface area contributed by atoms with Crippen molar-refractivity contribution in [2.45, 2.75) is 74.3 Å². The van der Waals surface area contributed by atoms with Crippen LogP contribution in [0.3, 0.4) is 0 Å². The number of carbonyl (C=O) groups is 3. The van der Waals surface area contributed by atoms with Crippen LogP contribution in [0.1, 0.15) is 68.2 Å². The average molecular weight is 326 g/mol. The van der Waals surface area contributed by atoms with Gasteiger partial charge in [-0.05, 0) is 20.3 Å². The number of imide groups is 1. The minimum atomic E-state index is -0.617. The van der Waals surface area contributed by atoms with Crippen molar-refractivity contribution < 1.29 is 14.4 Å². The molecule has 1 aliphatic rings. The van der Waals surface area contributed by atoms with Crippen LogP contribution >= 0.6 is 0 Å². The van der Waals surface area contributed by atoms with Gasteiger partial charge >= 0.3 is 0 Å². The molecular formula is C18H34N2O3. The molecule has 0 spiro atoms. The summed E-state index contributed by atoms with van der Waals surface area (Å²) in [6.07, 6.45) is 5.84. The predicted molar refractivity (Wildman–Crippen MR) is 96.9 cm³/mol. The van der Waals surface area contributed by atoms with E-state index in [9.17, 15) is 14.4 Å². The molecule has 1 fully saturated rings. The van der Waals surface area contributed by atoms with Crippen molar-refractivity contribution in [3.8, 4) is 0 Å². The molecule has 0 bridgehead atoms. The Morgan fingerprint density at radius 2 is 1.65 bits per heavy atom. The van der Waals surface area contributed by atoms with E-state index >= 15 is 0 Å². The Kier molecular flexibility index (Phi) is 20.5. The van der Waals surface area contributed by atoms with E-state index in [2.05, 4.69) is 10.6 Å². The Morgan fingerprint density at radius 1 is 1.13 bits per heavy atom. The highest BCUT2D eigenvalue weighted by Crippen LogP contribution is 2.05. The molecular weight excluding hydrogens is 292 g/mol. The van der Waals surface area contributed by atoms with Gasteiger partial charge in [-0.2, -0.15) is 0 Å². The van der Waals surface area contributed by atoms with Crippen molar-refractivity contribution in [2.24, 2.45) is 0 Å². The van der Waals surface area contributed by atoms with Crippen molar-refractivity contribution in [3.63, 3.8) is 0 Å². The highest BCUT2D eigenvalue weighted by Gasteiger charge is 2.27. The van der Waals surface area contributed by atoms with Gasteiger partial charge in [0.05, 0.1) is 0 Å². The van der Waals surface area contributed by atoms with Crippen molar-refractivity contribution in [1.82, 2.24) is 10.6 Å². The highest BCUT2D eigenvalue weighted by molar-refractivity contribution is 6.03. The zero-order chi connectivity index (χ0) is 18.8. The first-order chi connectivity index (χ1) is 11.0. The first-order valence-corrected chi connectivity index (χ1v) is 8.48. The number of hydrogen-bond acceptors (Lipinski definition) is 3. The van der Waals surface area contributed by atoms with Crippen molar-refractivity contribution in [3.05, 3.63) is 23.8 Å². The second kappa shape index (κ2) is 18.1. The quantitative estimate of drug-likeness (QED) is 0.473. The molecule has 5 nitrogen and oxygen atoms in total. The largest absolute Gasteiger partial charge is 0.340 e. The van der Waals surface area contributed by atoms with Gasteiger partial charge in [0.2, 0.25) is 17.7 Å². The van der Waals surface area contributed by atoms with E-state index in [1.807, 2.05) is 54.5 Å². The molecule has 0 aromatic rings. The van der Waals surface area contributed by atoms with E-state index in [0.29, 0.717) is 12.0 Å². The van der Waals surface area contributed by atoms with Crippen molar-refractivity contribution in [1.29, 1.82) is 0 Å². The fourth-order valence-electron chi connectivity index (χ4n) is 1.42. The number of hydrogen-bond donors (Lipinski definition) is 2. The van der Waals surface area contributed by atoms with Gasteiger partial charge in [-0.3, -0.25) is 19.7 Å². The Bertz CT molecular complexity index is 399. The van der Waals surface area contributed by atoms with Gasteiger partial charge in [0.15, 0.2) is 0 Å². The SMILES string of the molecule is C/C=C\C=C(/C)C(=O)NC1CCC(=O)NC1=O.CC.CC.CC. The summed E-state index contributed by atoms with van der Waals surface area (Å²) in [6.45, 7) is 15.5. The average Bonchev–Trinajstić information content (AvgIpc) is 2.60. The van der Waals surface area contributed by atoms with Gasteiger partial charge in [0.1, 0.15) is 6.04 Å². The molecule has 2 N–H and O–H groups in total. The number of piperidine rings is 1. The van der Waals surface area contributed by atoms with Crippen LogP contribution in [0.25, 0.3) is 0 Å². The molecule has 1 heterocycles. The lowest BCUT2D eigenvalue weighted by molar-refractivity contribution is -0.136. The summed E-state index contributed by atoms with van der Waals surface area (Å²) in [5.41, 5.74) is 0.521. The van der Waals surface area contributed by atoms with E-state index in [4.69, 9.17) is 0 Å². The van der Waals surface area contributed by atoms with Crippen LogP contribution < -0.4 is 10.6 Å². The number of allylic oxidation sites excluding steroid dienone is 3. The fourth-order valence-corrected chi connectivity index (χ4v) is 1.42. The summed E-state index contributed by atoms with van der Waals surface area (Å²) < 4.78 is 0. The third-order valence-corrected chi connectivity index (χ3v) is 2.44. The van der Waals surface area contributed by atoms with Crippen LogP contribution in [0.5, 0.6) is 0 Å². The summed E-state index contributed by atoms with van der Waals surface area (Å²) in [7, 11) is 0. The highest BCUT2D eigenvalue weighted by atomic mass is 16.2. The summed E-state index contributed by atoms with van der Waals surface area (Å²) >= 11 is 0. The fraction of sp³-hybridized carbons (Fsp3) is 0.611. The zero-order valence-electron chi connectivity index (χ0n) is 15.9. The minimum Gasteiger partial charge on any atom is -0.340 e. The molecule has 1 rings (SSSR count). The Morgan fingerprint density at radius 3 is 2.09 bits per heavy atom. The van der Waals surface area contributed by atoms with Crippen LogP contribution in [0.2, 0.25) is 0 Å². The van der Waals surface area contributed by atoms with E-state index in [1.165, 1.54) is 0 Å². The maximum atomic E-state index is 11.7. The summed E-state index contributed by atoms with van der Waals surface area (Å²) in [4.78, 5) is 34.0. The van der Waals surface area contributed by atoms with Crippen LogP contribution in [0.4, 0.5) is 0 Å². The molecule has 0 radical (unpaired) electrons. The van der Waals surface area contributed by atoms with E-state index in [1.54, 1.807) is 19.1 Å². The Hall–Kier alpha value is -1.91. The van der Waals surface area contributed by atoms with Gasteiger partial charge in [-0.1, -0.05) is 59.8 Å². The summed E-state index contributed by atoms with van der Waals surface area (Å²) in [5, 5.41) is 4.78. The molecule has 0 aromatic heterocycles. The van der Waals surface area contributed by atoms with Gasteiger partial charge in [-0.15, -0.1) is 0 Å². The smallest absolute Gasteiger partial charge is 0.249 e. The van der Waals surface area contributed by atoms with Gasteiger partial charge in [0, 0.05) is 12.0 Å². The molecule has 1 aliphatic heterocycles. The van der Waals surface area contributed by atoms with E-state index in [0.717, 1.165) is 0 Å². The van der Waals surface area contributed by atoms with E-state index in [-0.39, 0.29) is 18.2 Å². The first-order valence-electron chi connectivity index (χ1n) is 8.48. The molecule has 0 aliphatic carbocycles. The third-order valence-electron chi connectivity index (χ3n) is 2.44. The monoisotopic (exact) mass is 326 g/mol. The number of carbonyl (C=O) groups excluding carboxylic acids is 3. The molecule has 23 heavy (non-hydrogen) atoms. The molecule has 1 saturated heterocycles. The second-order valence-corrected chi connectivity index (χ2v) is 3.85. The standard InChI is InChI=1S/C12H16N2O3.3C2H6/c1-3-4-5-8(2)11(16)13-9-6-7-10(15)14-12(9)17;3*1-2/h3-5,9H,6-7H2,1-2H3,(H,13,16)(H,14,15,17);3*1-2H3/b4-3-,8-5+;;;. The molecule has 3 amide bonds. The lowest BCUT2D eigenvalue weighted by atomic mass is 10.1. The molecule has 134 valence electrons. The summed E-state index contributed by atoms with van der Waals surface area (Å²) in [6, 6.07) is -0.617. The van der Waals surface area contributed by atoms with Gasteiger partial charge in [-0.25, -0.2) is 0 Å². The van der Waals surface area contributed by atoms with Crippen molar-refractivity contribution >= 4 is 17.7 Å². The minimum absolute atomic E-state index is 0.258. The zero-order valence-corrected chi connectivity index (χ0v) is 15.9. The van der Waals surface area contributed by atoms with Crippen LogP contribution in [0, 0.1) is 0 Å². The van der Waals surface area contributed by atoms with Gasteiger partial charge < -0.3 is 5.32 Å². The lowest BCUT2D eigenvalue weighted by Crippen LogP contribution is -2.52. The summed E-state index contributed by atoms with van der Waals surface area (Å²) in [5.74, 6) is -1.02. The Balaban J connectivity index is -0.000000595. The van der Waals surface area contributed by atoms with E-state index < -0.39 is 11.9 Å². The molecule has 5 heteroatoms. The number of nitrogens with one attached hydrogen (secondary N) is 2. The molecule has 1 unspecified atom stereocenters. The van der Waals surface area contributed by atoms with Gasteiger partial charge in [0.25, 0.3) is 0 Å². The van der Waals surface area contributed by atoms with Crippen LogP contribution in [-0.4, -0.2) is 23.8 Å². The number of amides is 3. The van der Waals surface area contributed by atoms with Crippen LogP contribution in [0.15, 0.2) is 23.8 Å². The maximum absolute atomic E-state index is 11.7. The lowest BCUT2D eigenvalue weighted by Gasteiger charge is -2.21. The van der Waals surface area contributed by atoms with Crippen molar-refractivity contribution in [2.75, 3.05) is 0 Å². The Labute approximate surface area is 141 Å². The predicted octanol–water partition coefficient (Wildman–Crippen LogP) is 3.51. The normalized spacial score (nSPS) is 16.7. The second-order valence-electron chi connectivity index (χ2n) is 3.85. The molecule has 0 saturated carbocycles.